The van der Waals surface area contributed by atoms with Crippen molar-refractivity contribution >= 4 is 11.9 Å². The molecule has 6 nitrogen and oxygen atoms in total. The van der Waals surface area contributed by atoms with Crippen LogP contribution < -0.4 is 4.74 Å². The third-order valence-electron chi connectivity index (χ3n) is 4.80. The van der Waals surface area contributed by atoms with Gasteiger partial charge in [0.2, 0.25) is 5.60 Å². The number of nitrogens with zero attached hydrogens (tertiary/aromatic N) is 1. The van der Waals surface area contributed by atoms with Gasteiger partial charge in [-0.25, -0.2) is 4.79 Å². The Balaban J connectivity index is 1.91. The fourth-order valence-electron chi connectivity index (χ4n) is 2.87. The lowest BCUT2D eigenvalue weighted by atomic mass is 10.0. The molecule has 1 N–H and O–H groups in total. The van der Waals surface area contributed by atoms with Crippen molar-refractivity contribution < 1.29 is 24.2 Å². The summed E-state index contributed by atoms with van der Waals surface area (Å²) in [7, 11) is 1.24. The summed E-state index contributed by atoms with van der Waals surface area (Å²) in [5, 5.41) is 9.24. The summed E-state index contributed by atoms with van der Waals surface area (Å²) < 4.78 is 10.9. The maximum Gasteiger partial charge on any atom is 0.345 e. The summed E-state index contributed by atoms with van der Waals surface area (Å²) in [6, 6.07) is 8.07. The van der Waals surface area contributed by atoms with Gasteiger partial charge in [0.05, 0.1) is 0 Å². The van der Waals surface area contributed by atoms with Gasteiger partial charge in [-0.2, -0.15) is 0 Å². The molecule has 0 saturated carbocycles. The van der Waals surface area contributed by atoms with Crippen LogP contribution in [0.5, 0.6) is 5.75 Å². The average Bonchev–Trinajstić information content (AvgIpc) is 2.61. The van der Waals surface area contributed by atoms with Crippen molar-refractivity contribution in [1.29, 1.82) is 0 Å². The van der Waals surface area contributed by atoms with E-state index in [-0.39, 0.29) is 6.10 Å². The molecular formula is C19H27NO5. The maximum atomic E-state index is 12.4. The van der Waals surface area contributed by atoms with Crippen LogP contribution in [0.25, 0.3) is 0 Å². The molecule has 1 atom stereocenters. The summed E-state index contributed by atoms with van der Waals surface area (Å²) in [4.78, 5) is 25.3. The molecule has 1 fully saturated rings. The second-order valence-corrected chi connectivity index (χ2v) is 6.88. The van der Waals surface area contributed by atoms with Crippen molar-refractivity contribution in [2.45, 2.75) is 51.2 Å². The Morgan fingerprint density at radius 1 is 1.20 bits per heavy atom. The molecule has 0 aliphatic carbocycles. The first-order valence-electron chi connectivity index (χ1n) is 8.62. The maximum absolute atomic E-state index is 12.4. The Bertz CT molecular complexity index is 605. The molecule has 2 rings (SSSR count). The number of benzene rings is 1. The number of carboxylic acid groups (broad SMARTS) is 1. The molecule has 1 heterocycles. The standard InChI is InChI=1S/C19H27NO5/c1-13(2)14-5-7-15(8-6-14)25-16-9-11-20(12-10-16)17(21)19(3,24-4)18(22)23/h5-8,13,16H,9-12H2,1-4H3,(H,22,23). The Kier molecular flexibility index (Phi) is 6.06. The van der Waals surface area contributed by atoms with E-state index in [1.54, 1.807) is 4.90 Å². The van der Waals surface area contributed by atoms with E-state index in [4.69, 9.17) is 9.47 Å². The van der Waals surface area contributed by atoms with E-state index in [2.05, 4.69) is 26.0 Å². The van der Waals surface area contributed by atoms with Crippen molar-refractivity contribution in [1.82, 2.24) is 4.90 Å². The third kappa shape index (κ3) is 4.31. The van der Waals surface area contributed by atoms with Gasteiger partial charge in [-0.05, 0) is 30.5 Å². The largest absolute Gasteiger partial charge is 0.490 e. The van der Waals surface area contributed by atoms with Gasteiger partial charge < -0.3 is 19.5 Å². The second-order valence-electron chi connectivity index (χ2n) is 6.88. The molecule has 6 heteroatoms. The zero-order valence-corrected chi connectivity index (χ0v) is 15.3. The molecule has 25 heavy (non-hydrogen) atoms. The first kappa shape index (κ1) is 19.2. The predicted octanol–water partition coefficient (Wildman–Crippen LogP) is 2.67. The van der Waals surface area contributed by atoms with E-state index < -0.39 is 17.5 Å². The monoisotopic (exact) mass is 349 g/mol. The Morgan fingerprint density at radius 2 is 1.76 bits per heavy atom. The van der Waals surface area contributed by atoms with Crippen molar-refractivity contribution in [2.75, 3.05) is 20.2 Å². The van der Waals surface area contributed by atoms with Gasteiger partial charge in [0, 0.05) is 33.0 Å². The van der Waals surface area contributed by atoms with Crippen LogP contribution in [0.2, 0.25) is 0 Å². The highest BCUT2D eigenvalue weighted by molar-refractivity contribution is 6.05. The number of hydrogen-bond donors (Lipinski definition) is 1. The second kappa shape index (κ2) is 7.87. The topological polar surface area (TPSA) is 76.1 Å². The number of rotatable bonds is 6. The van der Waals surface area contributed by atoms with E-state index >= 15 is 0 Å². The van der Waals surface area contributed by atoms with Crippen LogP contribution in [0, 0.1) is 0 Å². The lowest BCUT2D eigenvalue weighted by molar-refractivity contribution is -0.174. The van der Waals surface area contributed by atoms with Crippen LogP contribution in [0.3, 0.4) is 0 Å². The van der Waals surface area contributed by atoms with Gasteiger partial charge in [-0.1, -0.05) is 26.0 Å². The Labute approximate surface area is 148 Å². The third-order valence-corrected chi connectivity index (χ3v) is 4.80. The van der Waals surface area contributed by atoms with E-state index in [0.717, 1.165) is 5.75 Å². The first-order valence-corrected chi connectivity index (χ1v) is 8.62. The molecule has 1 aliphatic heterocycles. The zero-order chi connectivity index (χ0) is 18.6. The number of hydrogen-bond acceptors (Lipinski definition) is 4. The van der Waals surface area contributed by atoms with Gasteiger partial charge in [0.1, 0.15) is 11.9 Å². The fourth-order valence-corrected chi connectivity index (χ4v) is 2.87. The number of likely N-dealkylation sites (tertiary alicyclic amines) is 1. The number of methoxy groups -OCH3 is 1. The Hall–Kier alpha value is -2.08. The minimum absolute atomic E-state index is 0.0209. The quantitative estimate of drug-likeness (QED) is 0.799. The van der Waals surface area contributed by atoms with Crippen LogP contribution in [-0.2, 0) is 14.3 Å². The van der Waals surface area contributed by atoms with E-state index in [1.807, 2.05) is 12.1 Å². The van der Waals surface area contributed by atoms with Crippen LogP contribution in [-0.4, -0.2) is 53.8 Å². The SMILES string of the molecule is COC(C)(C(=O)O)C(=O)N1CCC(Oc2ccc(C(C)C)cc2)CC1. The molecule has 0 bridgehead atoms. The molecule has 0 radical (unpaired) electrons. The number of carbonyl (C=O) groups excluding carboxylic acids is 1. The molecule has 1 aromatic carbocycles. The zero-order valence-electron chi connectivity index (χ0n) is 15.3. The molecular weight excluding hydrogens is 322 g/mol. The molecule has 1 saturated heterocycles. The van der Waals surface area contributed by atoms with Crippen LogP contribution in [0.1, 0.15) is 45.1 Å². The van der Waals surface area contributed by atoms with Crippen LogP contribution in [0.4, 0.5) is 0 Å². The summed E-state index contributed by atoms with van der Waals surface area (Å²) in [6.45, 7) is 6.50. The predicted molar refractivity (Wildman–Crippen MR) is 93.8 cm³/mol. The van der Waals surface area contributed by atoms with Gasteiger partial charge in [0.25, 0.3) is 5.91 Å². The van der Waals surface area contributed by atoms with E-state index in [0.29, 0.717) is 31.8 Å². The highest BCUT2D eigenvalue weighted by atomic mass is 16.5. The summed E-state index contributed by atoms with van der Waals surface area (Å²) in [5.74, 6) is -0.486. The highest BCUT2D eigenvalue weighted by Gasteiger charge is 2.45. The molecule has 1 aromatic rings. The number of amides is 1. The normalized spacial score (nSPS) is 18.0. The number of ether oxygens (including phenoxy) is 2. The van der Waals surface area contributed by atoms with Crippen molar-refractivity contribution in [3.63, 3.8) is 0 Å². The van der Waals surface area contributed by atoms with Crippen molar-refractivity contribution in [3.8, 4) is 5.75 Å². The van der Waals surface area contributed by atoms with Crippen molar-refractivity contribution in [2.24, 2.45) is 0 Å². The lowest BCUT2D eigenvalue weighted by Crippen LogP contribution is -2.55. The van der Waals surface area contributed by atoms with Gasteiger partial charge in [0.15, 0.2) is 0 Å². The summed E-state index contributed by atoms with van der Waals surface area (Å²) in [6.07, 6.45) is 1.35. The van der Waals surface area contributed by atoms with Gasteiger partial charge >= 0.3 is 5.97 Å². The van der Waals surface area contributed by atoms with E-state index in [1.165, 1.54) is 19.6 Å². The summed E-state index contributed by atoms with van der Waals surface area (Å²) >= 11 is 0. The molecule has 138 valence electrons. The minimum atomic E-state index is -1.83. The molecule has 1 amide bonds. The lowest BCUT2D eigenvalue weighted by Gasteiger charge is -2.36. The highest BCUT2D eigenvalue weighted by Crippen LogP contribution is 2.24. The average molecular weight is 349 g/mol. The van der Waals surface area contributed by atoms with Gasteiger partial charge in [-0.15, -0.1) is 0 Å². The van der Waals surface area contributed by atoms with Crippen LogP contribution in [0.15, 0.2) is 24.3 Å². The van der Waals surface area contributed by atoms with E-state index in [9.17, 15) is 14.7 Å². The molecule has 0 spiro atoms. The smallest absolute Gasteiger partial charge is 0.345 e. The molecule has 1 aliphatic rings. The van der Waals surface area contributed by atoms with Gasteiger partial charge in [-0.3, -0.25) is 4.79 Å². The Morgan fingerprint density at radius 3 is 2.20 bits per heavy atom. The number of aliphatic carboxylic acids is 1. The number of carboxylic acids is 1. The minimum Gasteiger partial charge on any atom is -0.490 e. The molecule has 0 aromatic heterocycles. The number of carbonyl (C=O) groups is 2. The first-order chi connectivity index (χ1) is 11.8. The van der Waals surface area contributed by atoms with Crippen LogP contribution >= 0.6 is 0 Å². The summed E-state index contributed by atoms with van der Waals surface area (Å²) in [5.41, 5.74) is -0.569. The number of piperidine rings is 1. The fraction of sp³-hybridized carbons (Fsp3) is 0.579. The van der Waals surface area contributed by atoms with Crippen molar-refractivity contribution in [3.05, 3.63) is 29.8 Å². The molecule has 1 unspecified atom stereocenters.